The van der Waals surface area contributed by atoms with Gasteiger partial charge in [-0.1, -0.05) is 55.5 Å². The summed E-state index contributed by atoms with van der Waals surface area (Å²) in [5.41, 5.74) is 3.07. The van der Waals surface area contributed by atoms with Crippen LogP contribution in [0.5, 0.6) is 0 Å². The third kappa shape index (κ3) is 2.82. The Hall–Kier alpha value is -1.89. The number of Topliss-reactive ketones (excluding diaryl/α,β-unsaturated/α-hetero) is 1. The molecule has 2 aromatic rings. The van der Waals surface area contributed by atoms with Crippen molar-refractivity contribution < 1.29 is 4.79 Å². The summed E-state index contributed by atoms with van der Waals surface area (Å²) in [6.45, 7) is 2.03. The van der Waals surface area contributed by atoms with Crippen LogP contribution in [0.2, 0.25) is 0 Å². The Morgan fingerprint density at radius 1 is 0.941 bits per heavy atom. The fourth-order valence-corrected chi connectivity index (χ4v) is 1.87. The number of carbonyl (C=O) groups is 1. The minimum atomic E-state index is 0.227. The van der Waals surface area contributed by atoms with Gasteiger partial charge in [-0.25, -0.2) is 0 Å². The smallest absolute Gasteiger partial charge is 0.162 e. The van der Waals surface area contributed by atoms with Gasteiger partial charge in [0.25, 0.3) is 0 Å². The average molecular weight is 224 g/mol. The van der Waals surface area contributed by atoms with Gasteiger partial charge in [0, 0.05) is 12.0 Å². The van der Waals surface area contributed by atoms with Crippen molar-refractivity contribution in [2.24, 2.45) is 0 Å². The fraction of sp³-hybridized carbons (Fsp3) is 0.188. The van der Waals surface area contributed by atoms with Crippen molar-refractivity contribution in [2.45, 2.75) is 19.8 Å². The van der Waals surface area contributed by atoms with Crippen molar-refractivity contribution in [2.75, 3.05) is 0 Å². The van der Waals surface area contributed by atoms with E-state index in [1.807, 2.05) is 49.4 Å². The van der Waals surface area contributed by atoms with Crippen LogP contribution in [0, 0.1) is 0 Å². The van der Waals surface area contributed by atoms with Crippen LogP contribution >= 0.6 is 0 Å². The second kappa shape index (κ2) is 5.44. The first-order valence-electron chi connectivity index (χ1n) is 6.00. The van der Waals surface area contributed by atoms with E-state index in [0.717, 1.165) is 23.1 Å². The summed E-state index contributed by atoms with van der Waals surface area (Å²) in [7, 11) is 0. The summed E-state index contributed by atoms with van der Waals surface area (Å²) in [5.74, 6) is 0.227. The molecule has 0 fully saturated rings. The third-order valence-electron chi connectivity index (χ3n) is 2.77. The number of benzene rings is 2. The zero-order chi connectivity index (χ0) is 12.1. The molecule has 0 heterocycles. The topological polar surface area (TPSA) is 17.1 Å². The number of ketones is 1. The molecule has 0 spiro atoms. The fourth-order valence-electron chi connectivity index (χ4n) is 1.87. The monoisotopic (exact) mass is 224 g/mol. The minimum absolute atomic E-state index is 0.227. The molecule has 0 radical (unpaired) electrons. The largest absolute Gasteiger partial charge is 0.294 e. The van der Waals surface area contributed by atoms with E-state index >= 15 is 0 Å². The van der Waals surface area contributed by atoms with Gasteiger partial charge in [0.1, 0.15) is 0 Å². The van der Waals surface area contributed by atoms with Crippen molar-refractivity contribution in [3.05, 3.63) is 60.2 Å². The molecule has 0 saturated heterocycles. The van der Waals surface area contributed by atoms with Gasteiger partial charge >= 0.3 is 0 Å². The molecule has 2 aromatic carbocycles. The number of rotatable bonds is 4. The quantitative estimate of drug-likeness (QED) is 0.706. The molecule has 0 saturated carbocycles. The second-order valence-corrected chi connectivity index (χ2v) is 4.12. The maximum atomic E-state index is 11.8. The van der Waals surface area contributed by atoms with Gasteiger partial charge in [0.2, 0.25) is 0 Å². The summed E-state index contributed by atoms with van der Waals surface area (Å²) in [4.78, 5) is 11.8. The lowest BCUT2D eigenvalue weighted by molar-refractivity contribution is 0.0982. The minimum Gasteiger partial charge on any atom is -0.294 e. The van der Waals surface area contributed by atoms with Crippen LogP contribution in [0.25, 0.3) is 11.1 Å². The van der Waals surface area contributed by atoms with Crippen molar-refractivity contribution in [3.63, 3.8) is 0 Å². The average Bonchev–Trinajstić information content (AvgIpc) is 2.40. The maximum Gasteiger partial charge on any atom is 0.162 e. The van der Waals surface area contributed by atoms with Gasteiger partial charge in [-0.2, -0.15) is 0 Å². The van der Waals surface area contributed by atoms with E-state index in [1.165, 1.54) is 0 Å². The van der Waals surface area contributed by atoms with Gasteiger partial charge < -0.3 is 0 Å². The van der Waals surface area contributed by atoms with Crippen molar-refractivity contribution in [1.82, 2.24) is 0 Å². The van der Waals surface area contributed by atoms with E-state index in [2.05, 4.69) is 12.1 Å². The van der Waals surface area contributed by atoms with Crippen LogP contribution in [0.1, 0.15) is 30.1 Å². The molecule has 0 bridgehead atoms. The Morgan fingerprint density at radius 2 is 1.65 bits per heavy atom. The number of carbonyl (C=O) groups excluding carboxylic acids is 1. The zero-order valence-electron chi connectivity index (χ0n) is 10.0. The van der Waals surface area contributed by atoms with Crippen LogP contribution in [0.3, 0.4) is 0 Å². The molecule has 2 rings (SSSR count). The zero-order valence-corrected chi connectivity index (χ0v) is 10.0. The number of hydrogen-bond acceptors (Lipinski definition) is 1. The summed E-state index contributed by atoms with van der Waals surface area (Å²) in [6, 6.07) is 18.0. The van der Waals surface area contributed by atoms with Gasteiger partial charge in [-0.05, 0) is 23.6 Å². The molecule has 86 valence electrons. The summed E-state index contributed by atoms with van der Waals surface area (Å²) in [5, 5.41) is 0. The lowest BCUT2D eigenvalue weighted by atomic mass is 10.00. The van der Waals surface area contributed by atoms with Crippen molar-refractivity contribution >= 4 is 5.78 Å². The predicted octanol–water partition coefficient (Wildman–Crippen LogP) is 4.34. The molecule has 0 aliphatic heterocycles. The third-order valence-corrected chi connectivity index (χ3v) is 2.77. The van der Waals surface area contributed by atoms with E-state index in [-0.39, 0.29) is 5.78 Å². The summed E-state index contributed by atoms with van der Waals surface area (Å²) in [6.07, 6.45) is 1.52. The molecular weight excluding hydrogens is 208 g/mol. The molecule has 1 heteroatoms. The Morgan fingerprint density at radius 3 is 2.35 bits per heavy atom. The molecule has 0 aliphatic rings. The summed E-state index contributed by atoms with van der Waals surface area (Å²) < 4.78 is 0. The predicted molar refractivity (Wildman–Crippen MR) is 71.1 cm³/mol. The Balaban J connectivity index is 2.32. The van der Waals surface area contributed by atoms with E-state index in [1.54, 1.807) is 0 Å². The summed E-state index contributed by atoms with van der Waals surface area (Å²) >= 11 is 0. The second-order valence-electron chi connectivity index (χ2n) is 4.12. The molecule has 0 amide bonds. The molecule has 17 heavy (non-hydrogen) atoms. The standard InChI is InChI=1S/C16H16O/c1-2-7-16(17)15-11-6-10-14(12-15)13-8-4-3-5-9-13/h3-6,8-12H,2,7H2,1H3. The number of hydrogen-bond donors (Lipinski definition) is 0. The van der Waals surface area contributed by atoms with Crippen molar-refractivity contribution in [1.29, 1.82) is 0 Å². The first kappa shape index (κ1) is 11.6. The van der Waals surface area contributed by atoms with E-state index < -0.39 is 0 Å². The Bertz CT molecular complexity index is 500. The van der Waals surface area contributed by atoms with Gasteiger partial charge in [-0.3, -0.25) is 4.79 Å². The van der Waals surface area contributed by atoms with Crippen LogP contribution in [-0.2, 0) is 0 Å². The van der Waals surface area contributed by atoms with Gasteiger partial charge in [0.15, 0.2) is 5.78 Å². The first-order chi connectivity index (χ1) is 8.31. The first-order valence-corrected chi connectivity index (χ1v) is 6.00. The maximum absolute atomic E-state index is 11.8. The molecule has 0 unspecified atom stereocenters. The SMILES string of the molecule is CCCC(=O)c1cccc(-c2ccccc2)c1. The normalized spacial score (nSPS) is 10.2. The van der Waals surface area contributed by atoms with Crippen LogP contribution in [0.15, 0.2) is 54.6 Å². The molecule has 0 atom stereocenters. The van der Waals surface area contributed by atoms with E-state index in [4.69, 9.17) is 0 Å². The Kier molecular flexibility index (Phi) is 3.71. The van der Waals surface area contributed by atoms with Crippen LogP contribution in [-0.4, -0.2) is 5.78 Å². The molecule has 0 N–H and O–H groups in total. The van der Waals surface area contributed by atoms with Gasteiger partial charge in [0.05, 0.1) is 0 Å². The van der Waals surface area contributed by atoms with Gasteiger partial charge in [-0.15, -0.1) is 0 Å². The highest BCUT2D eigenvalue weighted by molar-refractivity contribution is 5.97. The molecule has 0 aliphatic carbocycles. The molecule has 1 nitrogen and oxygen atoms in total. The highest BCUT2D eigenvalue weighted by atomic mass is 16.1. The molecular formula is C16H16O. The molecule has 0 aromatic heterocycles. The lowest BCUT2D eigenvalue weighted by Gasteiger charge is -2.04. The van der Waals surface area contributed by atoms with Crippen molar-refractivity contribution in [3.8, 4) is 11.1 Å². The van der Waals surface area contributed by atoms with E-state index in [9.17, 15) is 4.79 Å². The van der Waals surface area contributed by atoms with Crippen LogP contribution < -0.4 is 0 Å². The highest BCUT2D eigenvalue weighted by Gasteiger charge is 2.05. The van der Waals surface area contributed by atoms with E-state index in [0.29, 0.717) is 6.42 Å². The van der Waals surface area contributed by atoms with Crippen LogP contribution in [0.4, 0.5) is 0 Å². The Labute approximate surface area is 102 Å². The highest BCUT2D eigenvalue weighted by Crippen LogP contribution is 2.20. The lowest BCUT2D eigenvalue weighted by Crippen LogP contribution is -1.97.